The van der Waals surface area contributed by atoms with Crippen LogP contribution in [0.3, 0.4) is 0 Å². The molecular formula is C18H23N3O4S. The van der Waals surface area contributed by atoms with Crippen LogP contribution in [-0.2, 0) is 20.4 Å². The lowest BCUT2D eigenvalue weighted by atomic mass is 9.86. The minimum absolute atomic E-state index is 0.0515. The van der Waals surface area contributed by atoms with E-state index in [9.17, 15) is 18.3 Å². The van der Waals surface area contributed by atoms with Crippen LogP contribution in [0.1, 0.15) is 11.1 Å². The van der Waals surface area contributed by atoms with E-state index in [1.165, 1.54) is 24.3 Å². The van der Waals surface area contributed by atoms with Gasteiger partial charge in [0.1, 0.15) is 0 Å². The fourth-order valence-corrected chi connectivity index (χ4v) is 3.57. The summed E-state index contributed by atoms with van der Waals surface area (Å²) in [6, 6.07) is 13.8. The number of sulfonamides is 1. The summed E-state index contributed by atoms with van der Waals surface area (Å²) in [7, 11) is -0.116. The first-order chi connectivity index (χ1) is 12.2. The Balaban J connectivity index is 2.42. The van der Waals surface area contributed by atoms with Crippen molar-refractivity contribution < 1.29 is 18.3 Å². The van der Waals surface area contributed by atoms with Crippen molar-refractivity contribution in [1.82, 2.24) is 9.62 Å². The molecule has 0 heterocycles. The van der Waals surface area contributed by atoms with Crippen LogP contribution >= 0.6 is 0 Å². The molecule has 8 heteroatoms. The summed E-state index contributed by atoms with van der Waals surface area (Å²) < 4.78 is 27.4. The number of nitrogens with two attached hydrogens (primary N) is 1. The standard InChI is InChI=1S/C18H23N3O4S/c1-21(2)12-11-20-26(24,25)16-10-6-9-15(13-16)18(23,17(19)22)14-7-4-3-5-8-14/h3-10,13,20,23H,11-12H2,1-2H3,(H2,19,22). The van der Waals surface area contributed by atoms with Crippen LogP contribution in [0, 0.1) is 0 Å². The Labute approximate surface area is 153 Å². The normalized spacial score (nSPS) is 14.2. The van der Waals surface area contributed by atoms with Crippen molar-refractivity contribution in [2.45, 2.75) is 10.5 Å². The molecule has 0 saturated heterocycles. The second-order valence-corrected chi connectivity index (χ2v) is 7.94. The van der Waals surface area contributed by atoms with Gasteiger partial charge in [-0.15, -0.1) is 0 Å². The predicted molar refractivity (Wildman–Crippen MR) is 98.8 cm³/mol. The number of likely N-dealkylation sites (N-methyl/N-ethyl adjacent to an activating group) is 1. The molecule has 2 aromatic carbocycles. The molecule has 0 aromatic heterocycles. The molecule has 2 aromatic rings. The average Bonchev–Trinajstić information content (AvgIpc) is 2.61. The van der Waals surface area contributed by atoms with E-state index in [4.69, 9.17) is 5.73 Å². The van der Waals surface area contributed by atoms with Crippen LogP contribution in [0.2, 0.25) is 0 Å². The van der Waals surface area contributed by atoms with Gasteiger partial charge in [0.05, 0.1) is 4.90 Å². The molecule has 1 unspecified atom stereocenters. The maximum Gasteiger partial charge on any atom is 0.258 e. The highest BCUT2D eigenvalue weighted by atomic mass is 32.2. The topological polar surface area (TPSA) is 113 Å². The third-order valence-corrected chi connectivity index (χ3v) is 5.42. The van der Waals surface area contributed by atoms with E-state index in [1.54, 1.807) is 30.3 Å². The second kappa shape index (κ2) is 7.96. The van der Waals surface area contributed by atoms with Gasteiger partial charge in [0, 0.05) is 13.1 Å². The second-order valence-electron chi connectivity index (χ2n) is 6.17. The van der Waals surface area contributed by atoms with Crippen molar-refractivity contribution >= 4 is 15.9 Å². The lowest BCUT2D eigenvalue weighted by Crippen LogP contribution is -2.42. The molecule has 0 saturated carbocycles. The third-order valence-electron chi connectivity index (χ3n) is 3.96. The molecule has 0 aliphatic heterocycles. The molecule has 140 valence electrons. The Morgan fingerprint density at radius 1 is 1.12 bits per heavy atom. The van der Waals surface area contributed by atoms with E-state index in [1.807, 2.05) is 19.0 Å². The quantitative estimate of drug-likeness (QED) is 0.610. The summed E-state index contributed by atoms with van der Waals surface area (Å²) >= 11 is 0. The largest absolute Gasteiger partial charge is 0.372 e. The number of rotatable bonds is 8. The maximum atomic E-state index is 12.5. The molecule has 1 atom stereocenters. The van der Waals surface area contributed by atoms with Gasteiger partial charge in [0.25, 0.3) is 5.91 Å². The molecule has 7 nitrogen and oxygen atoms in total. The van der Waals surface area contributed by atoms with Crippen molar-refractivity contribution in [3.63, 3.8) is 0 Å². The number of hydrogen-bond donors (Lipinski definition) is 3. The van der Waals surface area contributed by atoms with Crippen LogP contribution in [0.25, 0.3) is 0 Å². The van der Waals surface area contributed by atoms with Crippen LogP contribution in [-0.4, -0.2) is 51.5 Å². The average molecular weight is 377 g/mol. The van der Waals surface area contributed by atoms with Gasteiger partial charge < -0.3 is 15.7 Å². The monoisotopic (exact) mass is 377 g/mol. The van der Waals surface area contributed by atoms with Gasteiger partial charge in [-0.3, -0.25) is 4.79 Å². The van der Waals surface area contributed by atoms with E-state index in [0.717, 1.165) is 0 Å². The molecular weight excluding hydrogens is 354 g/mol. The lowest BCUT2D eigenvalue weighted by Gasteiger charge is -2.26. The first-order valence-corrected chi connectivity index (χ1v) is 9.49. The van der Waals surface area contributed by atoms with Crippen molar-refractivity contribution in [3.05, 3.63) is 65.7 Å². The number of aliphatic hydroxyl groups is 1. The molecule has 26 heavy (non-hydrogen) atoms. The Kier molecular flexibility index (Phi) is 6.14. The third kappa shape index (κ3) is 4.28. The predicted octanol–water partition coefficient (Wildman–Crippen LogP) is 0.248. The van der Waals surface area contributed by atoms with E-state index < -0.39 is 21.5 Å². The molecule has 2 rings (SSSR count). The van der Waals surface area contributed by atoms with Crippen molar-refractivity contribution in [2.75, 3.05) is 27.2 Å². The molecule has 4 N–H and O–H groups in total. The van der Waals surface area contributed by atoms with Crippen molar-refractivity contribution in [2.24, 2.45) is 5.73 Å². The SMILES string of the molecule is CN(C)CCNS(=O)(=O)c1cccc(C(O)(C(N)=O)c2ccccc2)c1. The first-order valence-electron chi connectivity index (χ1n) is 8.00. The van der Waals surface area contributed by atoms with Gasteiger partial charge in [-0.05, 0) is 37.4 Å². The Bertz CT molecular complexity index is 869. The van der Waals surface area contributed by atoms with E-state index in [0.29, 0.717) is 6.54 Å². The van der Waals surface area contributed by atoms with Gasteiger partial charge in [0.15, 0.2) is 5.60 Å². The highest BCUT2D eigenvalue weighted by molar-refractivity contribution is 7.89. The lowest BCUT2D eigenvalue weighted by molar-refractivity contribution is -0.133. The van der Waals surface area contributed by atoms with E-state index >= 15 is 0 Å². The Morgan fingerprint density at radius 3 is 2.31 bits per heavy atom. The fraction of sp³-hybridized carbons (Fsp3) is 0.278. The summed E-state index contributed by atoms with van der Waals surface area (Å²) in [6.07, 6.45) is 0. The van der Waals surface area contributed by atoms with Gasteiger partial charge in [-0.2, -0.15) is 0 Å². The Morgan fingerprint density at radius 2 is 1.73 bits per heavy atom. The van der Waals surface area contributed by atoms with E-state index in [2.05, 4.69) is 4.72 Å². The number of carbonyl (C=O) groups is 1. The summed E-state index contributed by atoms with van der Waals surface area (Å²) in [5.74, 6) is -0.987. The minimum atomic E-state index is -3.79. The highest BCUT2D eigenvalue weighted by Crippen LogP contribution is 2.30. The van der Waals surface area contributed by atoms with E-state index in [-0.39, 0.29) is 22.6 Å². The molecule has 0 aliphatic carbocycles. The van der Waals surface area contributed by atoms with Gasteiger partial charge in [-0.25, -0.2) is 13.1 Å². The highest BCUT2D eigenvalue weighted by Gasteiger charge is 2.38. The zero-order chi connectivity index (χ0) is 19.4. The van der Waals surface area contributed by atoms with Crippen molar-refractivity contribution in [1.29, 1.82) is 0 Å². The maximum absolute atomic E-state index is 12.5. The number of nitrogens with zero attached hydrogens (tertiary/aromatic N) is 1. The Hall–Kier alpha value is -2.26. The number of amides is 1. The zero-order valence-corrected chi connectivity index (χ0v) is 15.5. The van der Waals surface area contributed by atoms with Gasteiger partial charge >= 0.3 is 0 Å². The minimum Gasteiger partial charge on any atom is -0.372 e. The number of primary amides is 1. The smallest absolute Gasteiger partial charge is 0.258 e. The molecule has 0 bridgehead atoms. The molecule has 1 amide bonds. The number of hydrogen-bond acceptors (Lipinski definition) is 5. The van der Waals surface area contributed by atoms with Crippen LogP contribution in [0.5, 0.6) is 0 Å². The summed E-state index contributed by atoms with van der Waals surface area (Å²) in [4.78, 5) is 13.8. The number of carbonyl (C=O) groups excluding carboxylic acids is 1. The van der Waals surface area contributed by atoms with Crippen LogP contribution < -0.4 is 10.5 Å². The molecule has 0 spiro atoms. The van der Waals surface area contributed by atoms with Crippen molar-refractivity contribution in [3.8, 4) is 0 Å². The molecule has 0 radical (unpaired) electrons. The summed E-state index contributed by atoms with van der Waals surface area (Å²) in [5, 5.41) is 11.0. The fourth-order valence-electron chi connectivity index (χ4n) is 2.51. The summed E-state index contributed by atoms with van der Waals surface area (Å²) in [5.41, 5.74) is 3.68. The zero-order valence-electron chi connectivity index (χ0n) is 14.7. The molecule has 0 aliphatic rings. The summed E-state index contributed by atoms with van der Waals surface area (Å²) in [6.45, 7) is 0.770. The molecule has 0 fully saturated rings. The van der Waals surface area contributed by atoms with Crippen LogP contribution in [0.15, 0.2) is 59.5 Å². The number of nitrogens with one attached hydrogen (secondary N) is 1. The first kappa shape index (κ1) is 20.1. The van der Waals surface area contributed by atoms with Gasteiger partial charge in [0.2, 0.25) is 10.0 Å². The van der Waals surface area contributed by atoms with Crippen LogP contribution in [0.4, 0.5) is 0 Å². The van der Waals surface area contributed by atoms with Gasteiger partial charge in [-0.1, -0.05) is 42.5 Å². The number of benzene rings is 2.